The molecule has 0 aliphatic heterocycles. The first kappa shape index (κ1) is 12.9. The number of nitrogens with zero attached hydrogens (tertiary/aromatic N) is 1. The quantitative estimate of drug-likeness (QED) is 0.625. The van der Waals surface area contributed by atoms with Crippen LogP contribution in [-0.4, -0.2) is 4.98 Å². The zero-order valence-corrected chi connectivity index (χ0v) is 11.8. The summed E-state index contributed by atoms with van der Waals surface area (Å²) < 4.78 is 0. The molecule has 1 heteroatoms. The van der Waals surface area contributed by atoms with Crippen LogP contribution in [0.4, 0.5) is 0 Å². The molecule has 0 N–H and O–H groups in total. The van der Waals surface area contributed by atoms with Gasteiger partial charge in [0.25, 0.3) is 0 Å². The van der Waals surface area contributed by atoms with E-state index in [1.807, 2.05) is 12.3 Å². The summed E-state index contributed by atoms with van der Waals surface area (Å²) in [5, 5.41) is 1.22. The minimum Gasteiger partial charge on any atom is -0.256 e. The Hall–Kier alpha value is -2.15. The van der Waals surface area contributed by atoms with Gasteiger partial charge in [0.05, 0.1) is 5.52 Å². The second-order valence-corrected chi connectivity index (χ2v) is 5.18. The molecule has 20 heavy (non-hydrogen) atoms. The largest absolute Gasteiger partial charge is 0.256 e. The molecule has 1 heterocycles. The fourth-order valence-corrected chi connectivity index (χ4v) is 2.59. The van der Waals surface area contributed by atoms with E-state index in [-0.39, 0.29) is 0 Å². The molecule has 1 nitrogen and oxygen atoms in total. The molecule has 0 unspecified atom stereocenters. The Morgan fingerprint density at radius 3 is 2.55 bits per heavy atom. The number of aromatic nitrogens is 1. The van der Waals surface area contributed by atoms with Crippen molar-refractivity contribution >= 4 is 10.9 Å². The molecule has 0 aliphatic rings. The Morgan fingerprint density at radius 2 is 1.75 bits per heavy atom. The lowest BCUT2D eigenvalue weighted by Crippen LogP contribution is -1.86. The van der Waals surface area contributed by atoms with Gasteiger partial charge in [-0.2, -0.15) is 0 Å². The van der Waals surface area contributed by atoms with Crippen molar-refractivity contribution in [3.63, 3.8) is 0 Å². The number of unbranched alkanes of at least 4 members (excludes halogenated alkanes) is 1. The van der Waals surface area contributed by atoms with Gasteiger partial charge in [0.15, 0.2) is 0 Å². The highest BCUT2D eigenvalue weighted by Crippen LogP contribution is 2.27. The van der Waals surface area contributed by atoms with Gasteiger partial charge in [-0.25, -0.2) is 0 Å². The molecule has 0 radical (unpaired) electrons. The fourth-order valence-electron chi connectivity index (χ4n) is 2.59. The van der Waals surface area contributed by atoms with E-state index in [9.17, 15) is 0 Å². The van der Waals surface area contributed by atoms with Crippen molar-refractivity contribution in [3.05, 3.63) is 66.4 Å². The Morgan fingerprint density at radius 1 is 0.900 bits per heavy atom. The van der Waals surface area contributed by atoms with Crippen molar-refractivity contribution in [2.75, 3.05) is 0 Å². The predicted octanol–water partition coefficient (Wildman–Crippen LogP) is 5.24. The van der Waals surface area contributed by atoms with Crippen LogP contribution in [0.25, 0.3) is 22.0 Å². The van der Waals surface area contributed by atoms with Gasteiger partial charge in [-0.3, -0.25) is 4.98 Å². The van der Waals surface area contributed by atoms with Crippen LogP contribution >= 0.6 is 0 Å². The molecular formula is C19H19N. The summed E-state index contributed by atoms with van der Waals surface area (Å²) in [5.41, 5.74) is 5.01. The number of pyridine rings is 1. The van der Waals surface area contributed by atoms with Crippen molar-refractivity contribution < 1.29 is 0 Å². The minimum absolute atomic E-state index is 1.06. The Balaban J connectivity index is 1.98. The molecule has 2 aromatic carbocycles. The Kier molecular flexibility index (Phi) is 3.78. The number of rotatable bonds is 4. The second kappa shape index (κ2) is 5.87. The van der Waals surface area contributed by atoms with Gasteiger partial charge in [0, 0.05) is 11.6 Å². The molecule has 0 saturated carbocycles. The minimum atomic E-state index is 1.06. The van der Waals surface area contributed by atoms with Crippen LogP contribution in [0.1, 0.15) is 25.3 Å². The summed E-state index contributed by atoms with van der Waals surface area (Å²) in [7, 11) is 0. The van der Waals surface area contributed by atoms with Crippen molar-refractivity contribution in [1.82, 2.24) is 4.98 Å². The highest BCUT2D eigenvalue weighted by Gasteiger charge is 2.03. The standard InChI is InChI=1S/C19H19N/c1-2-3-6-15-10-12-16(13-11-15)17-7-4-9-19-18(17)8-5-14-20-19/h4-5,7-14H,2-3,6H2,1H3. The van der Waals surface area contributed by atoms with Gasteiger partial charge in [0.2, 0.25) is 0 Å². The molecule has 0 fully saturated rings. The number of aryl methyl sites for hydroxylation is 1. The first-order valence-corrected chi connectivity index (χ1v) is 7.31. The monoisotopic (exact) mass is 261 g/mol. The van der Waals surface area contributed by atoms with Gasteiger partial charge in [-0.1, -0.05) is 55.8 Å². The zero-order chi connectivity index (χ0) is 13.8. The lowest BCUT2D eigenvalue weighted by Gasteiger charge is -2.07. The summed E-state index contributed by atoms with van der Waals surface area (Å²) in [4.78, 5) is 4.43. The molecular weight excluding hydrogens is 242 g/mol. The summed E-state index contributed by atoms with van der Waals surface area (Å²) in [6, 6.07) is 19.4. The third kappa shape index (κ3) is 2.57. The maximum absolute atomic E-state index is 4.43. The van der Waals surface area contributed by atoms with Gasteiger partial charge >= 0.3 is 0 Å². The van der Waals surface area contributed by atoms with Gasteiger partial charge < -0.3 is 0 Å². The molecule has 1 aromatic heterocycles. The zero-order valence-electron chi connectivity index (χ0n) is 11.8. The molecule has 100 valence electrons. The summed E-state index contributed by atoms with van der Waals surface area (Å²) in [6.45, 7) is 2.23. The van der Waals surface area contributed by atoms with Crippen molar-refractivity contribution in [1.29, 1.82) is 0 Å². The van der Waals surface area contributed by atoms with Crippen molar-refractivity contribution in [2.45, 2.75) is 26.2 Å². The van der Waals surface area contributed by atoms with Crippen LogP contribution in [0, 0.1) is 0 Å². The van der Waals surface area contributed by atoms with E-state index in [1.165, 1.54) is 41.3 Å². The summed E-state index contributed by atoms with van der Waals surface area (Å²) in [5.74, 6) is 0. The smallest absolute Gasteiger partial charge is 0.0708 e. The van der Waals surface area contributed by atoms with Crippen LogP contribution in [0.2, 0.25) is 0 Å². The number of fused-ring (bicyclic) bond motifs is 1. The molecule has 0 amide bonds. The van der Waals surface area contributed by atoms with Crippen LogP contribution in [0.15, 0.2) is 60.8 Å². The summed E-state index contributed by atoms with van der Waals surface area (Å²) in [6.07, 6.45) is 5.53. The van der Waals surface area contributed by atoms with E-state index in [1.54, 1.807) is 0 Å². The van der Waals surface area contributed by atoms with E-state index in [4.69, 9.17) is 0 Å². The first-order chi connectivity index (χ1) is 9.88. The topological polar surface area (TPSA) is 12.9 Å². The maximum atomic E-state index is 4.43. The molecule has 3 aromatic rings. The average molecular weight is 261 g/mol. The molecule has 3 rings (SSSR count). The lowest BCUT2D eigenvalue weighted by atomic mass is 9.98. The van der Waals surface area contributed by atoms with Gasteiger partial charge in [-0.15, -0.1) is 0 Å². The van der Waals surface area contributed by atoms with Crippen molar-refractivity contribution in [2.24, 2.45) is 0 Å². The van der Waals surface area contributed by atoms with E-state index >= 15 is 0 Å². The molecule has 0 aliphatic carbocycles. The van der Waals surface area contributed by atoms with E-state index in [0.29, 0.717) is 0 Å². The van der Waals surface area contributed by atoms with Gasteiger partial charge in [0.1, 0.15) is 0 Å². The SMILES string of the molecule is CCCCc1ccc(-c2cccc3ncccc23)cc1. The highest BCUT2D eigenvalue weighted by molar-refractivity contribution is 5.94. The normalized spacial score (nSPS) is 10.8. The van der Waals surface area contributed by atoms with E-state index in [0.717, 1.165) is 5.52 Å². The number of hydrogen-bond donors (Lipinski definition) is 0. The molecule has 0 spiro atoms. The number of benzene rings is 2. The molecule has 0 bridgehead atoms. The van der Waals surface area contributed by atoms with Crippen molar-refractivity contribution in [3.8, 4) is 11.1 Å². The third-order valence-electron chi connectivity index (χ3n) is 3.73. The maximum Gasteiger partial charge on any atom is 0.0708 e. The van der Waals surface area contributed by atoms with E-state index < -0.39 is 0 Å². The van der Waals surface area contributed by atoms with Crippen LogP contribution < -0.4 is 0 Å². The average Bonchev–Trinajstić information content (AvgIpc) is 2.53. The van der Waals surface area contributed by atoms with Crippen LogP contribution in [-0.2, 0) is 6.42 Å². The summed E-state index contributed by atoms with van der Waals surface area (Å²) >= 11 is 0. The fraction of sp³-hybridized carbons (Fsp3) is 0.211. The Bertz CT molecular complexity index is 693. The van der Waals surface area contributed by atoms with Gasteiger partial charge in [-0.05, 0) is 41.7 Å². The molecule has 0 saturated heterocycles. The highest BCUT2D eigenvalue weighted by atomic mass is 14.6. The second-order valence-electron chi connectivity index (χ2n) is 5.18. The lowest BCUT2D eigenvalue weighted by molar-refractivity contribution is 0.795. The third-order valence-corrected chi connectivity index (χ3v) is 3.73. The predicted molar refractivity (Wildman–Crippen MR) is 85.8 cm³/mol. The van der Waals surface area contributed by atoms with Crippen LogP contribution in [0.3, 0.4) is 0 Å². The van der Waals surface area contributed by atoms with Crippen LogP contribution in [0.5, 0.6) is 0 Å². The Labute approximate surface area is 120 Å². The van der Waals surface area contributed by atoms with E-state index in [2.05, 4.69) is 60.4 Å². The number of hydrogen-bond acceptors (Lipinski definition) is 1. The molecule has 0 atom stereocenters. The first-order valence-electron chi connectivity index (χ1n) is 7.31.